The molecule has 0 aliphatic rings. The summed E-state index contributed by atoms with van der Waals surface area (Å²) < 4.78 is 0. The van der Waals surface area contributed by atoms with Crippen molar-refractivity contribution in [2.75, 3.05) is 17.7 Å². The van der Waals surface area contributed by atoms with Gasteiger partial charge in [-0.1, -0.05) is 23.7 Å². The summed E-state index contributed by atoms with van der Waals surface area (Å²) in [4.78, 5) is 16.0. The molecule has 21 heavy (non-hydrogen) atoms. The van der Waals surface area contributed by atoms with Gasteiger partial charge in [0, 0.05) is 18.5 Å². The minimum Gasteiger partial charge on any atom is -0.396 e. The molecule has 0 bridgehead atoms. The molecule has 0 aliphatic heterocycles. The van der Waals surface area contributed by atoms with E-state index in [2.05, 4.69) is 10.3 Å². The fraction of sp³-hybridized carbons (Fsp3) is 0.200. The highest BCUT2D eigenvalue weighted by Gasteiger charge is 2.12. The second kappa shape index (κ2) is 7.06. The van der Waals surface area contributed by atoms with Crippen molar-refractivity contribution in [1.82, 2.24) is 4.98 Å². The van der Waals surface area contributed by atoms with Crippen LogP contribution in [0.15, 0.2) is 36.5 Å². The summed E-state index contributed by atoms with van der Waals surface area (Å²) in [6.45, 7) is 0.141. The number of rotatable bonds is 5. The summed E-state index contributed by atoms with van der Waals surface area (Å²) in [5.41, 5.74) is 7.56. The summed E-state index contributed by atoms with van der Waals surface area (Å²) in [6, 6.07) is 8.89. The molecule has 0 saturated carbocycles. The first-order valence-corrected chi connectivity index (χ1v) is 6.90. The summed E-state index contributed by atoms with van der Waals surface area (Å²) in [5, 5.41) is 11.9. The third-order valence-electron chi connectivity index (χ3n) is 2.93. The molecule has 0 atom stereocenters. The largest absolute Gasteiger partial charge is 0.396 e. The monoisotopic (exact) mass is 305 g/mol. The van der Waals surface area contributed by atoms with E-state index in [0.717, 1.165) is 12.0 Å². The number of aliphatic hydroxyl groups excluding tert-OH is 1. The van der Waals surface area contributed by atoms with Gasteiger partial charge in [0.25, 0.3) is 5.91 Å². The minimum atomic E-state index is -0.339. The number of nitrogens with two attached hydrogens (primary N) is 1. The van der Waals surface area contributed by atoms with Gasteiger partial charge in [0.1, 0.15) is 5.82 Å². The van der Waals surface area contributed by atoms with Crippen LogP contribution in [0.4, 0.5) is 11.5 Å². The molecule has 1 aromatic carbocycles. The Kier molecular flexibility index (Phi) is 5.14. The fourth-order valence-corrected chi connectivity index (χ4v) is 2.10. The molecular weight excluding hydrogens is 290 g/mol. The van der Waals surface area contributed by atoms with E-state index in [1.807, 2.05) is 18.2 Å². The lowest BCUT2D eigenvalue weighted by atomic mass is 10.1. The molecule has 5 nitrogen and oxygen atoms in total. The molecule has 4 N–H and O–H groups in total. The number of aromatic nitrogens is 1. The topological polar surface area (TPSA) is 88.2 Å². The highest BCUT2D eigenvalue weighted by atomic mass is 35.5. The Morgan fingerprint density at radius 1 is 1.38 bits per heavy atom. The van der Waals surface area contributed by atoms with Gasteiger partial charge in [-0.05, 0) is 36.6 Å². The number of nitrogens with zero attached hydrogens (tertiary/aromatic N) is 1. The van der Waals surface area contributed by atoms with Gasteiger partial charge in [0.05, 0.1) is 10.6 Å². The minimum absolute atomic E-state index is 0.141. The van der Waals surface area contributed by atoms with Crippen LogP contribution in [-0.4, -0.2) is 22.6 Å². The van der Waals surface area contributed by atoms with Gasteiger partial charge in [-0.15, -0.1) is 0 Å². The second-order valence-corrected chi connectivity index (χ2v) is 4.98. The maximum Gasteiger partial charge on any atom is 0.257 e. The van der Waals surface area contributed by atoms with Gasteiger partial charge >= 0.3 is 0 Å². The van der Waals surface area contributed by atoms with E-state index < -0.39 is 0 Å². The number of carbonyl (C=O) groups excluding carboxylic acids is 1. The average Bonchev–Trinajstić information content (AvgIpc) is 2.48. The van der Waals surface area contributed by atoms with Crippen LogP contribution in [0.25, 0.3) is 0 Å². The van der Waals surface area contributed by atoms with E-state index in [9.17, 15) is 4.79 Å². The number of nitrogen functional groups attached to an aromatic ring is 1. The van der Waals surface area contributed by atoms with Gasteiger partial charge < -0.3 is 16.2 Å². The molecule has 1 heterocycles. The fourth-order valence-electron chi connectivity index (χ4n) is 1.92. The number of aliphatic hydroxyl groups is 1. The predicted octanol–water partition coefficient (Wildman–Crippen LogP) is 2.49. The molecule has 0 aliphatic carbocycles. The summed E-state index contributed by atoms with van der Waals surface area (Å²) in [6.07, 6.45) is 2.79. The van der Waals surface area contributed by atoms with E-state index in [0.29, 0.717) is 12.1 Å². The van der Waals surface area contributed by atoms with Crippen LogP contribution >= 0.6 is 11.6 Å². The zero-order valence-electron chi connectivity index (χ0n) is 11.3. The Hall–Kier alpha value is -2.11. The van der Waals surface area contributed by atoms with Crippen LogP contribution in [-0.2, 0) is 6.42 Å². The van der Waals surface area contributed by atoms with Crippen LogP contribution < -0.4 is 11.1 Å². The zero-order valence-corrected chi connectivity index (χ0v) is 12.1. The summed E-state index contributed by atoms with van der Waals surface area (Å²) in [7, 11) is 0. The average molecular weight is 306 g/mol. The maximum absolute atomic E-state index is 12.2. The molecule has 1 amide bonds. The predicted molar refractivity (Wildman–Crippen MR) is 83.5 cm³/mol. The highest BCUT2D eigenvalue weighted by Crippen LogP contribution is 2.19. The van der Waals surface area contributed by atoms with Crippen LogP contribution in [0, 0.1) is 0 Å². The smallest absolute Gasteiger partial charge is 0.257 e. The number of benzene rings is 1. The Balaban J connectivity index is 2.14. The summed E-state index contributed by atoms with van der Waals surface area (Å²) in [5.74, 6) is -0.102. The van der Waals surface area contributed by atoms with Gasteiger partial charge in [0.15, 0.2) is 0 Å². The molecule has 2 aromatic rings. The molecule has 110 valence electrons. The molecule has 1 aromatic heterocycles. The molecule has 6 heteroatoms. The Labute approximate surface area is 127 Å². The maximum atomic E-state index is 12.2. The van der Waals surface area contributed by atoms with E-state index >= 15 is 0 Å². The third-order valence-corrected chi connectivity index (χ3v) is 3.23. The molecule has 0 unspecified atom stereocenters. The lowest BCUT2D eigenvalue weighted by molar-refractivity contribution is 0.102. The van der Waals surface area contributed by atoms with E-state index in [1.54, 1.807) is 6.07 Å². The van der Waals surface area contributed by atoms with Crippen LogP contribution in [0.1, 0.15) is 22.3 Å². The third kappa shape index (κ3) is 4.18. The van der Waals surface area contributed by atoms with Crippen molar-refractivity contribution in [2.45, 2.75) is 12.8 Å². The van der Waals surface area contributed by atoms with Crippen molar-refractivity contribution in [3.05, 3.63) is 52.7 Å². The lowest BCUT2D eigenvalue weighted by Gasteiger charge is -2.08. The van der Waals surface area contributed by atoms with Crippen molar-refractivity contribution < 1.29 is 9.90 Å². The van der Waals surface area contributed by atoms with Gasteiger partial charge in [-0.3, -0.25) is 4.79 Å². The highest BCUT2D eigenvalue weighted by molar-refractivity contribution is 6.34. The second-order valence-electron chi connectivity index (χ2n) is 4.57. The number of amides is 1. The van der Waals surface area contributed by atoms with E-state index in [-0.39, 0.29) is 28.9 Å². The molecule has 0 spiro atoms. The number of pyridine rings is 1. The Morgan fingerprint density at radius 2 is 2.19 bits per heavy atom. The Morgan fingerprint density at radius 3 is 2.95 bits per heavy atom. The number of hydrogen-bond donors (Lipinski definition) is 3. The number of carbonyl (C=O) groups is 1. The van der Waals surface area contributed by atoms with Gasteiger partial charge in [0.2, 0.25) is 0 Å². The van der Waals surface area contributed by atoms with Crippen molar-refractivity contribution in [3.63, 3.8) is 0 Å². The van der Waals surface area contributed by atoms with Gasteiger partial charge in [-0.2, -0.15) is 0 Å². The first-order chi connectivity index (χ1) is 10.1. The van der Waals surface area contributed by atoms with Crippen molar-refractivity contribution in [3.8, 4) is 0 Å². The molecule has 0 radical (unpaired) electrons. The first-order valence-electron chi connectivity index (χ1n) is 6.52. The van der Waals surface area contributed by atoms with Gasteiger partial charge in [-0.25, -0.2) is 4.98 Å². The molecule has 0 fully saturated rings. The molecule has 2 rings (SSSR count). The van der Waals surface area contributed by atoms with Crippen LogP contribution in [0.5, 0.6) is 0 Å². The first kappa shape index (κ1) is 15.3. The number of hydrogen-bond acceptors (Lipinski definition) is 4. The number of nitrogens with one attached hydrogen (secondary N) is 1. The number of anilines is 2. The van der Waals surface area contributed by atoms with E-state index in [4.69, 9.17) is 22.4 Å². The zero-order chi connectivity index (χ0) is 15.2. The normalized spacial score (nSPS) is 10.4. The van der Waals surface area contributed by atoms with Crippen molar-refractivity contribution in [2.24, 2.45) is 0 Å². The van der Waals surface area contributed by atoms with Crippen LogP contribution in [0.3, 0.4) is 0 Å². The quantitative estimate of drug-likeness (QED) is 0.792. The number of halogens is 1. The Bertz CT molecular complexity index is 647. The lowest BCUT2D eigenvalue weighted by Crippen LogP contribution is -2.13. The number of aryl methyl sites for hydroxylation is 1. The summed E-state index contributed by atoms with van der Waals surface area (Å²) >= 11 is 5.95. The SMILES string of the molecule is Nc1cc(C(=O)Nc2cccc(CCCO)c2)c(Cl)cn1. The van der Waals surface area contributed by atoms with Crippen molar-refractivity contribution >= 4 is 29.0 Å². The van der Waals surface area contributed by atoms with Crippen molar-refractivity contribution in [1.29, 1.82) is 0 Å². The molecular formula is C15H16ClN3O2. The van der Waals surface area contributed by atoms with E-state index in [1.165, 1.54) is 12.3 Å². The van der Waals surface area contributed by atoms with Crippen LogP contribution in [0.2, 0.25) is 5.02 Å². The molecule has 0 saturated heterocycles. The standard InChI is InChI=1S/C15H16ClN3O2/c16-13-9-18-14(17)8-12(13)15(21)19-11-5-1-3-10(7-11)4-2-6-20/h1,3,5,7-9,20H,2,4,6H2,(H2,17,18)(H,19,21).